The number of nitrogens with one attached hydrogen (secondary N) is 1. The fourth-order valence-electron chi connectivity index (χ4n) is 2.36. The van der Waals surface area contributed by atoms with Crippen molar-refractivity contribution in [2.24, 2.45) is 0 Å². The Bertz CT molecular complexity index is 528. The van der Waals surface area contributed by atoms with E-state index in [1.54, 1.807) is 14.0 Å². The summed E-state index contributed by atoms with van der Waals surface area (Å²) in [6, 6.07) is 3.86. The summed E-state index contributed by atoms with van der Waals surface area (Å²) in [5.74, 6) is 0.667. The summed E-state index contributed by atoms with van der Waals surface area (Å²) in [4.78, 5) is 12.2. The average Bonchev–Trinajstić information content (AvgIpc) is 2.41. The van der Waals surface area contributed by atoms with Crippen molar-refractivity contribution in [2.75, 3.05) is 13.7 Å². The zero-order chi connectivity index (χ0) is 17.1. The van der Waals surface area contributed by atoms with E-state index < -0.39 is 6.10 Å². The lowest BCUT2D eigenvalue weighted by Gasteiger charge is -2.27. The van der Waals surface area contributed by atoms with Gasteiger partial charge in [0.25, 0.3) is 5.91 Å². The highest BCUT2D eigenvalue weighted by molar-refractivity contribution is 5.97. The fraction of sp³-hybridized carbons (Fsp3) is 0.611. The molecule has 1 aromatic rings. The fourth-order valence-corrected chi connectivity index (χ4v) is 2.36. The van der Waals surface area contributed by atoms with Gasteiger partial charge in [-0.15, -0.1) is 0 Å². The van der Waals surface area contributed by atoms with E-state index in [2.05, 4.69) is 39.9 Å². The van der Waals surface area contributed by atoms with Crippen molar-refractivity contribution in [3.8, 4) is 5.75 Å². The highest BCUT2D eigenvalue weighted by Crippen LogP contribution is 2.35. The van der Waals surface area contributed by atoms with Gasteiger partial charge in [0.15, 0.2) is 0 Å². The molecule has 0 heterocycles. The van der Waals surface area contributed by atoms with Crippen LogP contribution >= 0.6 is 0 Å². The number of aliphatic hydroxyl groups is 1. The summed E-state index contributed by atoms with van der Waals surface area (Å²) in [6.07, 6.45) is -0.581. The number of rotatable bonds is 5. The molecule has 0 fully saturated rings. The Kier molecular flexibility index (Phi) is 6.00. The van der Waals surface area contributed by atoms with Crippen LogP contribution in [-0.2, 0) is 5.41 Å². The molecule has 0 aliphatic heterocycles. The second-order valence-electron chi connectivity index (χ2n) is 7.08. The van der Waals surface area contributed by atoms with Crippen LogP contribution in [0.25, 0.3) is 0 Å². The van der Waals surface area contributed by atoms with Crippen LogP contribution in [0.5, 0.6) is 5.75 Å². The lowest BCUT2D eigenvalue weighted by Crippen LogP contribution is -2.23. The van der Waals surface area contributed by atoms with Gasteiger partial charge in [-0.3, -0.25) is 4.79 Å². The van der Waals surface area contributed by atoms with Crippen molar-refractivity contribution < 1.29 is 14.6 Å². The maximum Gasteiger partial charge on any atom is 0.254 e. The molecule has 0 saturated heterocycles. The number of benzene rings is 1. The topological polar surface area (TPSA) is 58.6 Å². The molecule has 0 aromatic heterocycles. The van der Waals surface area contributed by atoms with Gasteiger partial charge in [0.1, 0.15) is 12.4 Å². The smallest absolute Gasteiger partial charge is 0.254 e. The molecule has 1 rings (SSSR count). The molecule has 2 N–H and O–H groups in total. The van der Waals surface area contributed by atoms with Crippen molar-refractivity contribution >= 4 is 5.91 Å². The third-order valence-corrected chi connectivity index (χ3v) is 3.53. The molecule has 1 amide bonds. The van der Waals surface area contributed by atoms with Crippen molar-refractivity contribution in [2.45, 2.75) is 59.0 Å². The normalized spacial score (nSPS) is 13.1. The number of hydrogen-bond donors (Lipinski definition) is 2. The molecule has 4 heteroatoms. The predicted molar refractivity (Wildman–Crippen MR) is 89.8 cm³/mol. The maximum atomic E-state index is 12.2. The largest absolute Gasteiger partial charge is 0.490 e. The zero-order valence-corrected chi connectivity index (χ0v) is 14.8. The van der Waals surface area contributed by atoms with E-state index in [1.807, 2.05) is 12.1 Å². The lowest BCUT2D eigenvalue weighted by atomic mass is 9.79. The van der Waals surface area contributed by atoms with Gasteiger partial charge in [-0.05, 0) is 41.5 Å². The number of amides is 1. The van der Waals surface area contributed by atoms with Gasteiger partial charge in [0, 0.05) is 7.05 Å². The molecule has 0 aliphatic carbocycles. The SMILES string of the molecule is CNC(=O)c1cc(C(C)(C)C)c(C(C)C)cc1OCC(C)O. The van der Waals surface area contributed by atoms with E-state index in [-0.39, 0.29) is 17.9 Å². The van der Waals surface area contributed by atoms with Gasteiger partial charge < -0.3 is 15.2 Å². The highest BCUT2D eigenvalue weighted by Gasteiger charge is 2.24. The third-order valence-electron chi connectivity index (χ3n) is 3.53. The van der Waals surface area contributed by atoms with E-state index in [4.69, 9.17) is 4.74 Å². The molecular formula is C18H29NO3. The minimum Gasteiger partial charge on any atom is -0.490 e. The van der Waals surface area contributed by atoms with Gasteiger partial charge >= 0.3 is 0 Å². The summed E-state index contributed by atoms with van der Waals surface area (Å²) in [5, 5.41) is 12.1. The first-order chi connectivity index (χ1) is 10.1. The summed E-state index contributed by atoms with van der Waals surface area (Å²) in [6.45, 7) is 12.5. The van der Waals surface area contributed by atoms with Crippen LogP contribution < -0.4 is 10.1 Å². The Labute approximate surface area is 133 Å². The van der Waals surface area contributed by atoms with E-state index in [0.29, 0.717) is 17.2 Å². The van der Waals surface area contributed by atoms with Crippen LogP contribution in [0.15, 0.2) is 12.1 Å². The van der Waals surface area contributed by atoms with Crippen molar-refractivity contribution in [3.63, 3.8) is 0 Å². The molecule has 0 radical (unpaired) electrons. The zero-order valence-electron chi connectivity index (χ0n) is 14.8. The Morgan fingerprint density at radius 1 is 1.27 bits per heavy atom. The summed E-state index contributed by atoms with van der Waals surface area (Å²) in [5.41, 5.74) is 2.76. The van der Waals surface area contributed by atoms with Gasteiger partial charge in [-0.2, -0.15) is 0 Å². The molecule has 1 unspecified atom stereocenters. The molecule has 1 aromatic carbocycles. The molecule has 4 nitrogen and oxygen atoms in total. The molecular weight excluding hydrogens is 278 g/mol. The van der Waals surface area contributed by atoms with E-state index in [0.717, 1.165) is 5.56 Å². The Hall–Kier alpha value is -1.55. The minimum absolute atomic E-state index is 0.0643. The molecule has 124 valence electrons. The van der Waals surface area contributed by atoms with Gasteiger partial charge in [0.05, 0.1) is 11.7 Å². The van der Waals surface area contributed by atoms with Crippen LogP contribution in [0.3, 0.4) is 0 Å². The Morgan fingerprint density at radius 3 is 2.27 bits per heavy atom. The molecule has 22 heavy (non-hydrogen) atoms. The maximum absolute atomic E-state index is 12.2. The molecule has 1 atom stereocenters. The number of carbonyl (C=O) groups is 1. The second kappa shape index (κ2) is 7.14. The third kappa shape index (κ3) is 4.47. The standard InChI is InChI=1S/C18H29NO3/c1-11(2)13-9-16(22-10-12(3)20)14(17(21)19-7)8-15(13)18(4,5)6/h8-9,11-12,20H,10H2,1-7H3,(H,19,21). The molecule has 0 bridgehead atoms. The minimum atomic E-state index is -0.581. The number of aliphatic hydroxyl groups excluding tert-OH is 1. The molecule has 0 saturated carbocycles. The van der Waals surface area contributed by atoms with Crippen LogP contribution in [0, 0.1) is 0 Å². The number of hydrogen-bond acceptors (Lipinski definition) is 3. The first kappa shape index (κ1) is 18.5. The first-order valence-corrected chi connectivity index (χ1v) is 7.79. The highest BCUT2D eigenvalue weighted by atomic mass is 16.5. The lowest BCUT2D eigenvalue weighted by molar-refractivity contribution is 0.0947. The number of ether oxygens (including phenoxy) is 1. The van der Waals surface area contributed by atoms with Gasteiger partial charge in [0.2, 0.25) is 0 Å². The molecule has 0 spiro atoms. The van der Waals surface area contributed by atoms with Crippen LogP contribution in [0.1, 0.15) is 68.9 Å². The van der Waals surface area contributed by atoms with Crippen LogP contribution in [-0.4, -0.2) is 30.8 Å². The number of carbonyl (C=O) groups excluding carboxylic acids is 1. The average molecular weight is 307 g/mol. The first-order valence-electron chi connectivity index (χ1n) is 7.79. The van der Waals surface area contributed by atoms with Crippen LogP contribution in [0.4, 0.5) is 0 Å². The molecule has 0 aliphatic rings. The second-order valence-corrected chi connectivity index (χ2v) is 7.08. The van der Waals surface area contributed by atoms with Gasteiger partial charge in [-0.25, -0.2) is 0 Å². The monoisotopic (exact) mass is 307 g/mol. The summed E-state index contributed by atoms with van der Waals surface area (Å²) >= 11 is 0. The quantitative estimate of drug-likeness (QED) is 0.878. The van der Waals surface area contributed by atoms with Crippen LogP contribution in [0.2, 0.25) is 0 Å². The van der Waals surface area contributed by atoms with Crippen molar-refractivity contribution in [1.29, 1.82) is 0 Å². The summed E-state index contributed by atoms with van der Waals surface area (Å²) in [7, 11) is 1.61. The van der Waals surface area contributed by atoms with E-state index >= 15 is 0 Å². The Morgan fingerprint density at radius 2 is 1.86 bits per heavy atom. The Balaban J connectivity index is 3.47. The summed E-state index contributed by atoms with van der Waals surface area (Å²) < 4.78 is 5.67. The predicted octanol–water partition coefficient (Wildman–Crippen LogP) is 3.23. The van der Waals surface area contributed by atoms with Crippen molar-refractivity contribution in [1.82, 2.24) is 5.32 Å². The van der Waals surface area contributed by atoms with Crippen molar-refractivity contribution in [3.05, 3.63) is 28.8 Å². The van der Waals surface area contributed by atoms with Gasteiger partial charge in [-0.1, -0.05) is 34.6 Å². The van der Waals surface area contributed by atoms with E-state index in [9.17, 15) is 9.90 Å². The van der Waals surface area contributed by atoms with E-state index in [1.165, 1.54) is 5.56 Å².